The molecule has 1 fully saturated rings. The molecule has 4 heteroatoms. The van der Waals surface area contributed by atoms with E-state index in [1.165, 1.54) is 25.0 Å². The number of aromatic nitrogens is 1. The molecule has 1 nitrogen and oxygen atoms in total. The van der Waals surface area contributed by atoms with Crippen LogP contribution in [0.5, 0.6) is 0 Å². The number of rotatable bonds is 6. The summed E-state index contributed by atoms with van der Waals surface area (Å²) < 4.78 is 29.2. The van der Waals surface area contributed by atoms with Crippen molar-refractivity contribution in [3.8, 4) is 23.1 Å². The van der Waals surface area contributed by atoms with Gasteiger partial charge in [0.15, 0.2) is 0 Å². The van der Waals surface area contributed by atoms with Crippen LogP contribution in [0, 0.1) is 35.3 Å². The van der Waals surface area contributed by atoms with Crippen LogP contribution in [0.1, 0.15) is 63.0 Å². The van der Waals surface area contributed by atoms with Gasteiger partial charge < -0.3 is 0 Å². The smallest absolute Gasteiger partial charge is 0.142 e. The van der Waals surface area contributed by atoms with Gasteiger partial charge in [0.1, 0.15) is 11.6 Å². The average Bonchev–Trinajstić information content (AvgIpc) is 2.75. The minimum absolute atomic E-state index is 0.155. The van der Waals surface area contributed by atoms with Crippen molar-refractivity contribution in [3.63, 3.8) is 0 Å². The predicted octanol–water partition coefficient (Wildman–Crippen LogP) is 7.67. The highest BCUT2D eigenvalue weighted by Gasteiger charge is 2.18. The summed E-state index contributed by atoms with van der Waals surface area (Å²) >= 11 is 5.64. The third-order valence-corrected chi connectivity index (χ3v) is 5.90. The fourth-order valence-electron chi connectivity index (χ4n) is 3.90. The third kappa shape index (κ3) is 6.16. The number of benzene rings is 1. The lowest BCUT2D eigenvalue weighted by molar-refractivity contribution is 0.365. The number of hydrogen-bond acceptors (Lipinski definition) is 1. The van der Waals surface area contributed by atoms with Crippen LogP contribution >= 0.6 is 11.6 Å². The standard InChI is InChI=1S/C26H28ClF2N/c1-2-3-4-5-21-11-13-26(30-18-21)22-16-24(28)23(25(29)17-22)12-10-19-6-8-20(9-7-19)14-15-27/h11,13-20H,2-9H2,1H3/t19-,20-. The molecule has 0 saturated heterocycles. The summed E-state index contributed by atoms with van der Waals surface area (Å²) in [6.45, 7) is 2.17. The maximum Gasteiger partial charge on any atom is 0.142 e. The normalized spacial score (nSPS) is 18.9. The molecule has 2 aromatic rings. The van der Waals surface area contributed by atoms with E-state index in [4.69, 9.17) is 11.6 Å². The highest BCUT2D eigenvalue weighted by atomic mass is 35.5. The topological polar surface area (TPSA) is 12.9 Å². The number of halogens is 3. The first-order chi connectivity index (χ1) is 14.6. The molecule has 0 amide bonds. The van der Waals surface area contributed by atoms with Gasteiger partial charge in [-0.25, -0.2) is 8.78 Å². The summed E-state index contributed by atoms with van der Waals surface area (Å²) in [5.41, 5.74) is 3.56. The van der Waals surface area contributed by atoms with Crippen molar-refractivity contribution in [1.29, 1.82) is 0 Å². The van der Waals surface area contributed by atoms with Crippen LogP contribution in [-0.4, -0.2) is 4.98 Å². The summed E-state index contributed by atoms with van der Waals surface area (Å²) in [5, 5.41) is 0. The number of allylic oxidation sites excluding steroid dienone is 1. The molecule has 0 aliphatic heterocycles. The Morgan fingerprint density at radius 2 is 1.83 bits per heavy atom. The molecule has 158 valence electrons. The SMILES string of the molecule is CCCCCc1ccc(-c2cc(F)c(C#C[C@H]3CC[C@H](C=CCl)CC3)c(F)c2)nc1. The first-order valence-electron chi connectivity index (χ1n) is 10.8. The van der Waals surface area contributed by atoms with Crippen LogP contribution in [0.25, 0.3) is 11.3 Å². The fraction of sp³-hybridized carbons (Fsp3) is 0.423. The first-order valence-corrected chi connectivity index (χ1v) is 11.3. The molecule has 0 unspecified atom stereocenters. The Bertz CT molecular complexity index is 893. The Balaban J connectivity index is 1.69. The molecule has 0 spiro atoms. The molecule has 1 aliphatic carbocycles. The Hall–Kier alpha value is -2.18. The molecule has 3 rings (SSSR count). The molecular formula is C26H28ClF2N. The number of aryl methyl sites for hydroxylation is 1. The van der Waals surface area contributed by atoms with Crippen LogP contribution < -0.4 is 0 Å². The molecule has 30 heavy (non-hydrogen) atoms. The van der Waals surface area contributed by atoms with Gasteiger partial charge in [0.2, 0.25) is 0 Å². The van der Waals surface area contributed by atoms with Crippen molar-refractivity contribution in [2.24, 2.45) is 11.8 Å². The second kappa shape index (κ2) is 11.3. The van der Waals surface area contributed by atoms with Crippen molar-refractivity contribution in [1.82, 2.24) is 4.98 Å². The minimum Gasteiger partial charge on any atom is -0.256 e. The van der Waals surface area contributed by atoms with Crippen molar-refractivity contribution in [2.75, 3.05) is 0 Å². The molecule has 0 radical (unpaired) electrons. The average molecular weight is 428 g/mol. The molecule has 0 bridgehead atoms. The van der Waals surface area contributed by atoms with Crippen molar-refractivity contribution in [2.45, 2.75) is 58.3 Å². The highest BCUT2D eigenvalue weighted by Crippen LogP contribution is 2.30. The summed E-state index contributed by atoms with van der Waals surface area (Å²) in [6.07, 6.45) is 12.1. The van der Waals surface area contributed by atoms with Gasteiger partial charge in [-0.2, -0.15) is 0 Å². The molecular weight excluding hydrogens is 400 g/mol. The van der Waals surface area contributed by atoms with Gasteiger partial charge >= 0.3 is 0 Å². The van der Waals surface area contributed by atoms with E-state index in [9.17, 15) is 8.78 Å². The maximum absolute atomic E-state index is 14.6. The number of hydrogen-bond donors (Lipinski definition) is 0. The predicted molar refractivity (Wildman–Crippen MR) is 120 cm³/mol. The van der Waals surface area contributed by atoms with E-state index in [0.29, 0.717) is 17.2 Å². The van der Waals surface area contributed by atoms with E-state index in [0.717, 1.165) is 44.1 Å². The van der Waals surface area contributed by atoms with Crippen molar-refractivity contribution in [3.05, 3.63) is 64.8 Å². The Morgan fingerprint density at radius 3 is 2.43 bits per heavy atom. The third-order valence-electron chi connectivity index (χ3n) is 5.75. The zero-order valence-electron chi connectivity index (χ0n) is 17.4. The van der Waals surface area contributed by atoms with Crippen molar-refractivity contribution < 1.29 is 8.78 Å². The van der Waals surface area contributed by atoms with Crippen LogP contribution in [0.15, 0.2) is 42.1 Å². The lowest BCUT2D eigenvalue weighted by Gasteiger charge is -2.22. The van der Waals surface area contributed by atoms with E-state index < -0.39 is 11.6 Å². The second-order valence-corrected chi connectivity index (χ2v) is 8.28. The van der Waals surface area contributed by atoms with E-state index in [1.54, 1.807) is 11.7 Å². The van der Waals surface area contributed by atoms with E-state index in [1.807, 2.05) is 18.2 Å². The molecule has 1 aromatic heterocycles. The Kier molecular flexibility index (Phi) is 8.46. The first kappa shape index (κ1) is 22.5. The van der Waals surface area contributed by atoms with E-state index in [-0.39, 0.29) is 11.5 Å². The molecule has 1 heterocycles. The van der Waals surface area contributed by atoms with Gasteiger partial charge in [0.25, 0.3) is 0 Å². The lowest BCUT2D eigenvalue weighted by atomic mass is 9.82. The quantitative estimate of drug-likeness (QED) is 0.340. The zero-order chi connectivity index (χ0) is 21.3. The van der Waals surface area contributed by atoms with Gasteiger partial charge in [0, 0.05) is 23.2 Å². The maximum atomic E-state index is 14.6. The van der Waals surface area contributed by atoms with Crippen molar-refractivity contribution >= 4 is 11.6 Å². The summed E-state index contributed by atoms with van der Waals surface area (Å²) in [4.78, 5) is 4.40. The van der Waals surface area contributed by atoms with Gasteiger partial charge in [-0.3, -0.25) is 4.98 Å². The molecule has 1 aliphatic rings. The zero-order valence-corrected chi connectivity index (χ0v) is 18.2. The lowest BCUT2D eigenvalue weighted by Crippen LogP contribution is -2.11. The second-order valence-electron chi connectivity index (χ2n) is 8.02. The van der Waals surface area contributed by atoms with Gasteiger partial charge in [-0.1, -0.05) is 55.3 Å². The number of nitrogens with zero attached hydrogens (tertiary/aromatic N) is 1. The van der Waals surface area contributed by atoms with E-state index in [2.05, 4.69) is 23.7 Å². The highest BCUT2D eigenvalue weighted by molar-refractivity contribution is 6.25. The minimum atomic E-state index is -0.634. The van der Waals surface area contributed by atoms with Gasteiger partial charge in [-0.15, -0.1) is 0 Å². The molecule has 1 saturated carbocycles. The summed E-state index contributed by atoms with van der Waals surface area (Å²) in [7, 11) is 0. The van der Waals surface area contributed by atoms with Gasteiger partial charge in [-0.05, 0) is 68.2 Å². The van der Waals surface area contributed by atoms with Crippen LogP contribution in [-0.2, 0) is 6.42 Å². The summed E-state index contributed by atoms with van der Waals surface area (Å²) in [5.74, 6) is 5.21. The molecule has 0 N–H and O–H groups in total. The molecule has 1 aromatic carbocycles. The van der Waals surface area contributed by atoms with Crippen LogP contribution in [0.4, 0.5) is 8.78 Å². The number of unbranched alkanes of at least 4 members (excludes halogenated alkanes) is 2. The fourth-order valence-corrected chi connectivity index (χ4v) is 4.10. The molecule has 0 atom stereocenters. The number of pyridine rings is 1. The van der Waals surface area contributed by atoms with Crippen LogP contribution in [0.3, 0.4) is 0 Å². The summed E-state index contributed by atoms with van der Waals surface area (Å²) in [6, 6.07) is 6.47. The Morgan fingerprint density at radius 1 is 1.10 bits per heavy atom. The van der Waals surface area contributed by atoms with E-state index >= 15 is 0 Å². The largest absolute Gasteiger partial charge is 0.256 e. The Labute approximate surface area is 183 Å². The van der Waals surface area contributed by atoms with Gasteiger partial charge in [0.05, 0.1) is 11.3 Å². The van der Waals surface area contributed by atoms with Crippen LogP contribution in [0.2, 0.25) is 0 Å². The monoisotopic (exact) mass is 427 g/mol.